The van der Waals surface area contributed by atoms with E-state index in [9.17, 15) is 0 Å². The van der Waals surface area contributed by atoms with Gasteiger partial charge in [0.05, 0.1) is 5.69 Å². The lowest BCUT2D eigenvalue weighted by Crippen LogP contribution is -2.15. The molecule has 1 atom stereocenters. The van der Waals surface area contributed by atoms with Crippen LogP contribution in [-0.4, -0.2) is 15.8 Å². The fraction of sp³-hybridized carbons (Fsp3) is 0.667. The molecule has 0 saturated carbocycles. The fourth-order valence-electron chi connectivity index (χ4n) is 1.28. The van der Waals surface area contributed by atoms with E-state index in [1.54, 1.807) is 0 Å². The van der Waals surface area contributed by atoms with Gasteiger partial charge in [0.2, 0.25) is 0 Å². The second kappa shape index (κ2) is 3.72. The van der Waals surface area contributed by atoms with Gasteiger partial charge in [-0.05, 0) is 32.3 Å². The molecule has 2 N–H and O–H groups in total. The summed E-state index contributed by atoms with van der Waals surface area (Å²) in [4.78, 5) is 0. The third kappa shape index (κ3) is 2.34. The van der Waals surface area contributed by atoms with E-state index in [4.69, 9.17) is 5.73 Å². The third-order valence-corrected chi connectivity index (χ3v) is 1.98. The molecule has 3 nitrogen and oxygen atoms in total. The zero-order chi connectivity index (χ0) is 9.14. The predicted molar refractivity (Wildman–Crippen MR) is 49.9 cm³/mol. The summed E-state index contributed by atoms with van der Waals surface area (Å²) in [6.07, 6.45) is 4.14. The highest BCUT2D eigenvalue weighted by Gasteiger charge is 2.03. The maximum atomic E-state index is 5.67. The van der Waals surface area contributed by atoms with Gasteiger partial charge in [0.15, 0.2) is 0 Å². The lowest BCUT2D eigenvalue weighted by Gasteiger charge is -2.02. The molecule has 0 fully saturated rings. The van der Waals surface area contributed by atoms with Crippen molar-refractivity contribution < 1.29 is 0 Å². The van der Waals surface area contributed by atoms with Crippen molar-refractivity contribution in [1.82, 2.24) is 9.78 Å². The van der Waals surface area contributed by atoms with Gasteiger partial charge in [0.25, 0.3) is 0 Å². The molecule has 68 valence electrons. The first-order chi connectivity index (χ1) is 5.59. The Morgan fingerprint density at radius 1 is 1.67 bits per heavy atom. The molecule has 0 unspecified atom stereocenters. The number of nitrogens with two attached hydrogens (primary N) is 1. The topological polar surface area (TPSA) is 43.8 Å². The molecule has 0 radical (unpaired) electrons. The van der Waals surface area contributed by atoms with E-state index in [0.29, 0.717) is 0 Å². The number of rotatable bonds is 3. The number of aromatic nitrogens is 2. The standard InChI is InChI=1S/C9H17N3/c1-7(10)4-5-9-6-12(3)11-8(9)2/h6-7H,4-5,10H2,1-3H3/t7-/m0/s1. The Morgan fingerprint density at radius 2 is 2.33 bits per heavy atom. The molecular formula is C9H17N3. The number of hydrogen-bond acceptors (Lipinski definition) is 2. The smallest absolute Gasteiger partial charge is 0.0625 e. The Hall–Kier alpha value is -0.830. The summed E-state index contributed by atoms with van der Waals surface area (Å²) in [7, 11) is 1.95. The minimum atomic E-state index is 0.282. The minimum Gasteiger partial charge on any atom is -0.328 e. The van der Waals surface area contributed by atoms with Gasteiger partial charge in [-0.3, -0.25) is 4.68 Å². The molecule has 0 bridgehead atoms. The van der Waals surface area contributed by atoms with Gasteiger partial charge < -0.3 is 5.73 Å². The van der Waals surface area contributed by atoms with E-state index in [1.165, 1.54) is 5.56 Å². The molecule has 3 heteroatoms. The fourth-order valence-corrected chi connectivity index (χ4v) is 1.28. The van der Waals surface area contributed by atoms with Crippen molar-refractivity contribution in [3.05, 3.63) is 17.5 Å². The van der Waals surface area contributed by atoms with Crippen LogP contribution in [0.25, 0.3) is 0 Å². The first kappa shape index (κ1) is 9.26. The van der Waals surface area contributed by atoms with E-state index in [-0.39, 0.29) is 6.04 Å². The maximum absolute atomic E-state index is 5.67. The monoisotopic (exact) mass is 167 g/mol. The zero-order valence-electron chi connectivity index (χ0n) is 8.04. The Labute approximate surface area is 73.6 Å². The van der Waals surface area contributed by atoms with Gasteiger partial charge in [-0.1, -0.05) is 0 Å². The van der Waals surface area contributed by atoms with Crippen LogP contribution in [0.3, 0.4) is 0 Å². The van der Waals surface area contributed by atoms with Crippen molar-refractivity contribution in [3.63, 3.8) is 0 Å². The SMILES string of the molecule is Cc1nn(C)cc1CC[C@H](C)N. The highest BCUT2D eigenvalue weighted by atomic mass is 15.2. The van der Waals surface area contributed by atoms with Gasteiger partial charge in [0.1, 0.15) is 0 Å². The number of aryl methyl sites for hydroxylation is 3. The summed E-state index contributed by atoms with van der Waals surface area (Å²) in [5.41, 5.74) is 8.11. The predicted octanol–water partition coefficient (Wildman–Crippen LogP) is 1.01. The second-order valence-electron chi connectivity index (χ2n) is 3.43. The molecular weight excluding hydrogens is 150 g/mol. The molecule has 1 aromatic rings. The van der Waals surface area contributed by atoms with Crippen LogP contribution in [0.15, 0.2) is 6.20 Å². The third-order valence-electron chi connectivity index (χ3n) is 1.98. The molecule has 0 saturated heterocycles. The summed E-state index contributed by atoms with van der Waals surface area (Å²) >= 11 is 0. The average Bonchev–Trinajstić information content (AvgIpc) is 2.26. The zero-order valence-corrected chi connectivity index (χ0v) is 8.04. The molecule has 0 aliphatic heterocycles. The van der Waals surface area contributed by atoms with Gasteiger partial charge in [-0.25, -0.2) is 0 Å². The summed E-state index contributed by atoms with van der Waals surface area (Å²) in [6.45, 7) is 4.07. The molecule has 0 amide bonds. The van der Waals surface area contributed by atoms with Crippen molar-refractivity contribution in [2.45, 2.75) is 32.7 Å². The van der Waals surface area contributed by atoms with E-state index >= 15 is 0 Å². The van der Waals surface area contributed by atoms with Crippen LogP contribution < -0.4 is 5.73 Å². The highest BCUT2D eigenvalue weighted by molar-refractivity contribution is 5.15. The highest BCUT2D eigenvalue weighted by Crippen LogP contribution is 2.08. The largest absolute Gasteiger partial charge is 0.328 e. The molecule has 0 aliphatic rings. The van der Waals surface area contributed by atoms with E-state index in [2.05, 4.69) is 11.3 Å². The average molecular weight is 167 g/mol. The van der Waals surface area contributed by atoms with Crippen LogP contribution in [0, 0.1) is 6.92 Å². The molecule has 0 aliphatic carbocycles. The van der Waals surface area contributed by atoms with Crippen LogP contribution >= 0.6 is 0 Å². The van der Waals surface area contributed by atoms with E-state index in [1.807, 2.05) is 25.6 Å². The van der Waals surface area contributed by atoms with Crippen LogP contribution in [0.4, 0.5) is 0 Å². The molecule has 1 aromatic heterocycles. The first-order valence-corrected chi connectivity index (χ1v) is 4.34. The van der Waals surface area contributed by atoms with E-state index in [0.717, 1.165) is 18.5 Å². The summed E-state index contributed by atoms with van der Waals surface area (Å²) < 4.78 is 1.85. The Balaban J connectivity index is 2.57. The second-order valence-corrected chi connectivity index (χ2v) is 3.43. The van der Waals surface area contributed by atoms with Gasteiger partial charge in [0, 0.05) is 19.3 Å². The van der Waals surface area contributed by atoms with Crippen molar-refractivity contribution in [3.8, 4) is 0 Å². The van der Waals surface area contributed by atoms with E-state index < -0.39 is 0 Å². The lowest BCUT2D eigenvalue weighted by atomic mass is 10.1. The Bertz CT molecular complexity index is 250. The minimum absolute atomic E-state index is 0.282. The van der Waals surface area contributed by atoms with Gasteiger partial charge in [-0.15, -0.1) is 0 Å². The molecule has 0 spiro atoms. The number of nitrogens with zero attached hydrogens (tertiary/aromatic N) is 2. The summed E-state index contributed by atoms with van der Waals surface area (Å²) in [5.74, 6) is 0. The van der Waals surface area contributed by atoms with Crippen LogP contribution in [0.1, 0.15) is 24.6 Å². The quantitative estimate of drug-likeness (QED) is 0.730. The normalized spacial score (nSPS) is 13.3. The van der Waals surface area contributed by atoms with Crippen molar-refractivity contribution in [2.24, 2.45) is 12.8 Å². The Morgan fingerprint density at radius 3 is 2.75 bits per heavy atom. The van der Waals surface area contributed by atoms with Gasteiger partial charge in [-0.2, -0.15) is 5.10 Å². The molecule has 1 rings (SSSR count). The lowest BCUT2D eigenvalue weighted by molar-refractivity contribution is 0.664. The van der Waals surface area contributed by atoms with Crippen LogP contribution in [0.5, 0.6) is 0 Å². The molecule has 0 aromatic carbocycles. The molecule has 12 heavy (non-hydrogen) atoms. The molecule has 1 heterocycles. The Kier molecular flexibility index (Phi) is 2.87. The summed E-state index contributed by atoms with van der Waals surface area (Å²) in [6, 6.07) is 0.282. The van der Waals surface area contributed by atoms with Crippen molar-refractivity contribution in [1.29, 1.82) is 0 Å². The number of hydrogen-bond donors (Lipinski definition) is 1. The van der Waals surface area contributed by atoms with Crippen molar-refractivity contribution in [2.75, 3.05) is 0 Å². The van der Waals surface area contributed by atoms with Gasteiger partial charge >= 0.3 is 0 Å². The maximum Gasteiger partial charge on any atom is 0.0625 e. The summed E-state index contributed by atoms with van der Waals surface area (Å²) in [5, 5.41) is 4.26. The first-order valence-electron chi connectivity index (χ1n) is 4.34. The van der Waals surface area contributed by atoms with Crippen molar-refractivity contribution >= 4 is 0 Å². The van der Waals surface area contributed by atoms with Crippen LogP contribution in [0.2, 0.25) is 0 Å². The van der Waals surface area contributed by atoms with Crippen LogP contribution in [-0.2, 0) is 13.5 Å².